The fraction of sp³-hybridized carbons (Fsp3) is 0.381. The summed E-state index contributed by atoms with van der Waals surface area (Å²) in [7, 11) is 1.55. The molecule has 0 radical (unpaired) electrons. The lowest BCUT2D eigenvalue weighted by Crippen LogP contribution is -2.49. The van der Waals surface area contributed by atoms with Crippen LogP contribution in [0.1, 0.15) is 43.7 Å². The SMILES string of the molecule is CN(CC(=O)N1N=C(c2cccs2)C[C@H]1c1ccccc1F)C(=O)NC(C)(C)C. The summed E-state index contributed by atoms with van der Waals surface area (Å²) < 4.78 is 14.5. The van der Waals surface area contributed by atoms with Gasteiger partial charge in [0.25, 0.3) is 5.91 Å². The Hall–Kier alpha value is -2.74. The number of amides is 3. The molecular formula is C21H25FN4O2S. The van der Waals surface area contributed by atoms with Gasteiger partial charge in [0, 0.05) is 24.6 Å². The predicted octanol–water partition coefficient (Wildman–Crippen LogP) is 4.00. The summed E-state index contributed by atoms with van der Waals surface area (Å²) in [4.78, 5) is 27.6. The third kappa shape index (κ3) is 5.00. The van der Waals surface area contributed by atoms with Crippen molar-refractivity contribution >= 4 is 29.0 Å². The number of carbonyl (C=O) groups excluding carboxylic acids is 2. The lowest BCUT2D eigenvalue weighted by atomic mass is 10.0. The highest BCUT2D eigenvalue weighted by atomic mass is 32.1. The van der Waals surface area contributed by atoms with E-state index >= 15 is 0 Å². The minimum absolute atomic E-state index is 0.159. The molecule has 0 saturated heterocycles. The molecule has 3 rings (SSSR count). The maximum Gasteiger partial charge on any atom is 0.318 e. The van der Waals surface area contributed by atoms with E-state index in [9.17, 15) is 14.0 Å². The minimum Gasteiger partial charge on any atom is -0.333 e. The largest absolute Gasteiger partial charge is 0.333 e. The molecule has 2 aromatic rings. The van der Waals surface area contributed by atoms with Gasteiger partial charge in [-0.1, -0.05) is 24.3 Å². The average Bonchev–Trinajstić information content (AvgIpc) is 3.30. The summed E-state index contributed by atoms with van der Waals surface area (Å²) in [6.45, 7) is 5.45. The molecule has 6 nitrogen and oxygen atoms in total. The van der Waals surface area contributed by atoms with Crippen LogP contribution in [0.25, 0.3) is 0 Å². The number of hydrazone groups is 1. The van der Waals surface area contributed by atoms with E-state index in [0.29, 0.717) is 12.0 Å². The molecule has 0 aliphatic carbocycles. The lowest BCUT2D eigenvalue weighted by Gasteiger charge is -2.28. The molecule has 0 spiro atoms. The van der Waals surface area contributed by atoms with Crippen molar-refractivity contribution in [3.05, 3.63) is 58.0 Å². The summed E-state index contributed by atoms with van der Waals surface area (Å²) in [5.74, 6) is -0.742. The first-order chi connectivity index (χ1) is 13.7. The van der Waals surface area contributed by atoms with E-state index in [0.717, 1.165) is 10.6 Å². The maximum absolute atomic E-state index is 14.5. The van der Waals surface area contributed by atoms with E-state index in [1.54, 1.807) is 25.2 Å². The molecule has 0 unspecified atom stereocenters. The molecule has 1 N–H and O–H groups in total. The number of hydrogen-bond acceptors (Lipinski definition) is 4. The number of thiophene rings is 1. The van der Waals surface area contributed by atoms with Crippen molar-refractivity contribution in [2.24, 2.45) is 5.10 Å². The number of urea groups is 1. The Morgan fingerprint density at radius 1 is 1.28 bits per heavy atom. The van der Waals surface area contributed by atoms with Crippen molar-refractivity contribution in [3.63, 3.8) is 0 Å². The predicted molar refractivity (Wildman–Crippen MR) is 112 cm³/mol. The molecule has 3 amide bonds. The van der Waals surface area contributed by atoms with Gasteiger partial charge in [0.1, 0.15) is 12.4 Å². The van der Waals surface area contributed by atoms with Crippen LogP contribution < -0.4 is 5.32 Å². The molecule has 1 aromatic carbocycles. The highest BCUT2D eigenvalue weighted by Crippen LogP contribution is 2.35. The summed E-state index contributed by atoms with van der Waals surface area (Å²) in [6, 6.07) is 9.36. The molecular weight excluding hydrogens is 391 g/mol. The third-order valence-corrected chi connectivity index (χ3v) is 5.36. The first-order valence-electron chi connectivity index (χ1n) is 9.37. The van der Waals surface area contributed by atoms with Crippen LogP contribution in [0, 0.1) is 5.82 Å². The molecule has 0 saturated carbocycles. The molecule has 29 heavy (non-hydrogen) atoms. The number of carbonyl (C=O) groups is 2. The fourth-order valence-electron chi connectivity index (χ4n) is 3.08. The van der Waals surface area contributed by atoms with Crippen LogP contribution in [-0.2, 0) is 4.79 Å². The van der Waals surface area contributed by atoms with Gasteiger partial charge in [-0.15, -0.1) is 11.3 Å². The Morgan fingerprint density at radius 2 is 2.00 bits per heavy atom. The highest BCUT2D eigenvalue weighted by molar-refractivity contribution is 7.12. The summed E-state index contributed by atoms with van der Waals surface area (Å²) in [5, 5.41) is 10.6. The molecule has 154 valence electrons. The normalized spacial score (nSPS) is 16.5. The fourth-order valence-corrected chi connectivity index (χ4v) is 3.80. The molecule has 2 heterocycles. The van der Waals surface area contributed by atoms with Gasteiger partial charge in [0.2, 0.25) is 0 Å². The van der Waals surface area contributed by atoms with Crippen LogP contribution in [0.4, 0.5) is 9.18 Å². The number of nitrogens with one attached hydrogen (secondary N) is 1. The number of rotatable bonds is 4. The second-order valence-electron chi connectivity index (χ2n) is 8.04. The third-order valence-electron chi connectivity index (χ3n) is 4.44. The number of halogens is 1. The Bertz CT molecular complexity index is 921. The van der Waals surface area contributed by atoms with Crippen molar-refractivity contribution in [1.29, 1.82) is 0 Å². The number of nitrogens with zero attached hydrogens (tertiary/aromatic N) is 3. The zero-order chi connectivity index (χ0) is 21.2. The van der Waals surface area contributed by atoms with Gasteiger partial charge >= 0.3 is 6.03 Å². The van der Waals surface area contributed by atoms with Gasteiger partial charge < -0.3 is 10.2 Å². The van der Waals surface area contributed by atoms with Gasteiger partial charge in [-0.25, -0.2) is 14.2 Å². The van der Waals surface area contributed by atoms with Gasteiger partial charge in [-0.3, -0.25) is 4.79 Å². The van der Waals surface area contributed by atoms with Crippen molar-refractivity contribution in [2.45, 2.75) is 38.8 Å². The first kappa shape index (κ1) is 21.0. The molecule has 1 aliphatic rings. The van der Waals surface area contributed by atoms with Gasteiger partial charge in [-0.2, -0.15) is 5.10 Å². The average molecular weight is 417 g/mol. The number of likely N-dealkylation sites (N-methyl/N-ethyl adjacent to an activating group) is 1. The summed E-state index contributed by atoms with van der Waals surface area (Å²) in [5.41, 5.74) is 0.740. The smallest absolute Gasteiger partial charge is 0.318 e. The first-order valence-corrected chi connectivity index (χ1v) is 10.2. The second-order valence-corrected chi connectivity index (χ2v) is 8.99. The summed E-state index contributed by atoms with van der Waals surface area (Å²) in [6.07, 6.45) is 0.422. The summed E-state index contributed by atoms with van der Waals surface area (Å²) >= 11 is 1.52. The van der Waals surface area contributed by atoms with E-state index < -0.39 is 11.6 Å². The van der Waals surface area contributed by atoms with Gasteiger partial charge in [0.15, 0.2) is 0 Å². The van der Waals surface area contributed by atoms with Crippen LogP contribution in [0.5, 0.6) is 0 Å². The van der Waals surface area contributed by atoms with Crippen LogP contribution >= 0.6 is 11.3 Å². The standard InChI is InChI=1S/C21H25FN4O2S/c1-21(2,3)23-20(28)25(4)13-19(27)26-17(14-8-5-6-9-15(14)22)12-16(24-26)18-10-7-11-29-18/h5-11,17H,12-13H2,1-4H3,(H,23,28)/t17-/m0/s1. The quantitative estimate of drug-likeness (QED) is 0.819. The van der Waals surface area contributed by atoms with Crippen molar-refractivity contribution < 1.29 is 14.0 Å². The van der Waals surface area contributed by atoms with Crippen molar-refractivity contribution in [2.75, 3.05) is 13.6 Å². The topological polar surface area (TPSA) is 65.0 Å². The molecule has 1 atom stereocenters. The number of hydrogen-bond donors (Lipinski definition) is 1. The van der Waals surface area contributed by atoms with Crippen LogP contribution in [0.3, 0.4) is 0 Å². The van der Waals surface area contributed by atoms with E-state index in [1.807, 2.05) is 38.3 Å². The molecule has 1 aromatic heterocycles. The molecule has 0 bridgehead atoms. The van der Waals surface area contributed by atoms with E-state index in [2.05, 4.69) is 10.4 Å². The highest BCUT2D eigenvalue weighted by Gasteiger charge is 2.35. The minimum atomic E-state index is -0.542. The Balaban J connectivity index is 1.83. The van der Waals surface area contributed by atoms with E-state index in [1.165, 1.54) is 27.3 Å². The zero-order valence-corrected chi connectivity index (χ0v) is 17.8. The zero-order valence-electron chi connectivity index (χ0n) is 17.0. The van der Waals surface area contributed by atoms with Crippen molar-refractivity contribution in [3.8, 4) is 0 Å². The van der Waals surface area contributed by atoms with Crippen LogP contribution in [-0.4, -0.2) is 46.7 Å². The van der Waals surface area contributed by atoms with E-state index in [4.69, 9.17) is 0 Å². The molecule has 0 fully saturated rings. The van der Waals surface area contributed by atoms with Gasteiger partial charge in [-0.05, 0) is 38.3 Å². The lowest BCUT2D eigenvalue weighted by molar-refractivity contribution is -0.133. The van der Waals surface area contributed by atoms with Crippen LogP contribution in [0.2, 0.25) is 0 Å². The Kier molecular flexibility index (Phi) is 6.02. The monoisotopic (exact) mass is 416 g/mol. The van der Waals surface area contributed by atoms with Crippen LogP contribution in [0.15, 0.2) is 46.9 Å². The molecule has 1 aliphatic heterocycles. The van der Waals surface area contributed by atoms with E-state index in [-0.39, 0.29) is 24.3 Å². The Labute approximate surface area is 174 Å². The second kappa shape index (κ2) is 8.32. The van der Waals surface area contributed by atoms with Crippen molar-refractivity contribution in [1.82, 2.24) is 15.2 Å². The van der Waals surface area contributed by atoms with Gasteiger partial charge in [0.05, 0.1) is 16.6 Å². The Morgan fingerprint density at radius 3 is 2.62 bits per heavy atom. The number of benzene rings is 1. The maximum atomic E-state index is 14.5. The molecule has 8 heteroatoms.